The van der Waals surface area contributed by atoms with Crippen LogP contribution in [0.2, 0.25) is 0 Å². The molecule has 1 fully saturated rings. The number of carbonyl (C=O) groups excluding carboxylic acids is 1. The van der Waals surface area contributed by atoms with Crippen LogP contribution >= 0.6 is 0 Å². The van der Waals surface area contributed by atoms with Crippen LogP contribution in [0.15, 0.2) is 29.4 Å². The van der Waals surface area contributed by atoms with Crippen LogP contribution < -0.4 is 11.6 Å². The molecular formula is C16H21F3N4O3. The predicted molar refractivity (Wildman–Crippen MR) is 89.2 cm³/mol. The van der Waals surface area contributed by atoms with Gasteiger partial charge >= 0.3 is 12.1 Å². The first-order valence-electron chi connectivity index (χ1n) is 7.82. The van der Waals surface area contributed by atoms with E-state index in [2.05, 4.69) is 5.10 Å². The zero-order valence-corrected chi connectivity index (χ0v) is 13.9. The first-order chi connectivity index (χ1) is 12.1. The number of halogens is 3. The highest BCUT2D eigenvalue weighted by atomic mass is 19.4. The van der Waals surface area contributed by atoms with E-state index in [-0.39, 0.29) is 11.9 Å². The van der Waals surface area contributed by atoms with Gasteiger partial charge in [-0.3, -0.25) is 4.79 Å². The Bertz CT molecular complexity index is 650. The number of nitrogens with zero attached hydrogens (tertiary/aromatic N) is 2. The Morgan fingerprint density at radius 3 is 2.62 bits per heavy atom. The normalized spacial score (nSPS) is 18.2. The third-order valence-electron chi connectivity index (χ3n) is 3.61. The molecule has 0 bridgehead atoms. The second-order valence-electron chi connectivity index (χ2n) is 5.69. The molecule has 0 spiro atoms. The van der Waals surface area contributed by atoms with E-state index in [9.17, 15) is 18.0 Å². The van der Waals surface area contributed by atoms with E-state index in [1.165, 1.54) is 0 Å². The molecule has 1 saturated heterocycles. The Kier molecular flexibility index (Phi) is 8.04. The van der Waals surface area contributed by atoms with Gasteiger partial charge in [0.15, 0.2) is 0 Å². The van der Waals surface area contributed by atoms with Gasteiger partial charge in [0.05, 0.1) is 12.3 Å². The van der Waals surface area contributed by atoms with Gasteiger partial charge in [0, 0.05) is 13.1 Å². The molecule has 26 heavy (non-hydrogen) atoms. The number of benzene rings is 1. The molecule has 0 aromatic heterocycles. The Morgan fingerprint density at radius 2 is 2.04 bits per heavy atom. The monoisotopic (exact) mass is 374 g/mol. The van der Waals surface area contributed by atoms with Crippen LogP contribution in [0.5, 0.6) is 0 Å². The van der Waals surface area contributed by atoms with Crippen molar-refractivity contribution in [3.63, 3.8) is 0 Å². The number of carbonyl (C=O) groups is 2. The molecule has 0 radical (unpaired) electrons. The Morgan fingerprint density at radius 1 is 1.38 bits per heavy atom. The number of hydrazone groups is 1. The molecule has 144 valence electrons. The quantitative estimate of drug-likeness (QED) is 0.420. The van der Waals surface area contributed by atoms with Crippen molar-refractivity contribution in [3.8, 4) is 0 Å². The molecule has 1 aliphatic rings. The van der Waals surface area contributed by atoms with Crippen molar-refractivity contribution in [1.29, 1.82) is 0 Å². The summed E-state index contributed by atoms with van der Waals surface area (Å²) in [5.74, 6) is 2.44. The van der Waals surface area contributed by atoms with Gasteiger partial charge in [-0.2, -0.15) is 18.3 Å². The SMILES string of the molecule is NN=Cc1cccc(CN2CCCC[C@H](N)C2=O)c1.O=C(O)C(F)(F)F. The number of rotatable bonds is 3. The molecule has 0 aliphatic carbocycles. The lowest BCUT2D eigenvalue weighted by Gasteiger charge is -2.22. The van der Waals surface area contributed by atoms with Gasteiger partial charge in [-0.05, 0) is 36.5 Å². The maximum atomic E-state index is 12.1. The summed E-state index contributed by atoms with van der Waals surface area (Å²) in [6.45, 7) is 1.38. The van der Waals surface area contributed by atoms with Crippen LogP contribution in [0.25, 0.3) is 0 Å². The summed E-state index contributed by atoms with van der Waals surface area (Å²) in [5, 5.41) is 10.6. The zero-order chi connectivity index (χ0) is 19.7. The third kappa shape index (κ3) is 7.09. The molecule has 0 saturated carbocycles. The molecule has 1 aromatic rings. The van der Waals surface area contributed by atoms with Crippen LogP contribution in [0.3, 0.4) is 0 Å². The van der Waals surface area contributed by atoms with E-state index < -0.39 is 12.1 Å². The number of carboxylic acids is 1. The largest absolute Gasteiger partial charge is 0.490 e. The molecule has 2 rings (SSSR count). The number of nitrogens with two attached hydrogens (primary N) is 2. The Balaban J connectivity index is 0.000000412. The highest BCUT2D eigenvalue weighted by Gasteiger charge is 2.38. The summed E-state index contributed by atoms with van der Waals surface area (Å²) in [6, 6.07) is 7.50. The minimum atomic E-state index is -5.08. The molecule has 1 atom stereocenters. The number of carboxylic acid groups (broad SMARTS) is 1. The molecule has 7 nitrogen and oxygen atoms in total. The summed E-state index contributed by atoms with van der Waals surface area (Å²) in [4.78, 5) is 22.9. The van der Waals surface area contributed by atoms with Crippen molar-refractivity contribution in [3.05, 3.63) is 35.4 Å². The maximum Gasteiger partial charge on any atom is 0.490 e. The van der Waals surface area contributed by atoms with Gasteiger partial charge in [0.25, 0.3) is 0 Å². The fraction of sp³-hybridized carbons (Fsp3) is 0.438. The van der Waals surface area contributed by atoms with Gasteiger partial charge in [0.2, 0.25) is 5.91 Å². The van der Waals surface area contributed by atoms with Crippen LogP contribution in [-0.4, -0.2) is 46.9 Å². The molecule has 10 heteroatoms. The van der Waals surface area contributed by atoms with Crippen molar-refractivity contribution in [2.24, 2.45) is 16.7 Å². The maximum absolute atomic E-state index is 12.1. The highest BCUT2D eigenvalue weighted by Crippen LogP contribution is 2.15. The van der Waals surface area contributed by atoms with E-state index in [0.717, 1.165) is 36.9 Å². The topological polar surface area (TPSA) is 122 Å². The van der Waals surface area contributed by atoms with Crippen LogP contribution in [0.4, 0.5) is 13.2 Å². The first kappa shape index (κ1) is 21.4. The van der Waals surface area contributed by atoms with E-state index in [1.54, 1.807) is 6.21 Å². The number of hydrogen-bond acceptors (Lipinski definition) is 5. The second-order valence-corrected chi connectivity index (χ2v) is 5.69. The van der Waals surface area contributed by atoms with E-state index in [1.807, 2.05) is 29.2 Å². The predicted octanol–water partition coefficient (Wildman–Crippen LogP) is 1.45. The molecule has 0 unspecified atom stereocenters. The van der Waals surface area contributed by atoms with Crippen molar-refractivity contribution in [2.45, 2.75) is 38.0 Å². The lowest BCUT2D eigenvalue weighted by molar-refractivity contribution is -0.192. The number of alkyl halides is 3. The summed E-state index contributed by atoms with van der Waals surface area (Å²) in [5.41, 5.74) is 7.88. The molecule has 1 amide bonds. The number of hydrogen-bond donors (Lipinski definition) is 3. The summed E-state index contributed by atoms with van der Waals surface area (Å²) in [7, 11) is 0. The van der Waals surface area contributed by atoms with Gasteiger partial charge in [-0.1, -0.05) is 18.2 Å². The summed E-state index contributed by atoms with van der Waals surface area (Å²) < 4.78 is 31.7. The second kappa shape index (κ2) is 9.76. The van der Waals surface area contributed by atoms with E-state index >= 15 is 0 Å². The lowest BCUT2D eigenvalue weighted by Crippen LogP contribution is -2.41. The number of likely N-dealkylation sites (tertiary alicyclic amines) is 1. The van der Waals surface area contributed by atoms with E-state index in [0.29, 0.717) is 6.54 Å². The number of aliphatic carboxylic acids is 1. The standard InChI is InChI=1S/C14H20N4O.C2HF3O2/c15-13-6-1-2-7-18(14(13)19)10-12-5-3-4-11(8-12)9-17-16;3-2(4,5)1(6)7/h3-5,8-9,13H,1-2,6-7,10,15-16H2;(H,6,7)/t13-;/m0./s1. The smallest absolute Gasteiger partial charge is 0.475 e. The van der Waals surface area contributed by atoms with Gasteiger partial charge in [-0.15, -0.1) is 0 Å². The summed E-state index contributed by atoms with van der Waals surface area (Å²) >= 11 is 0. The van der Waals surface area contributed by atoms with Crippen LogP contribution in [0, 0.1) is 0 Å². The highest BCUT2D eigenvalue weighted by molar-refractivity contribution is 5.82. The third-order valence-corrected chi connectivity index (χ3v) is 3.61. The van der Waals surface area contributed by atoms with Gasteiger partial charge < -0.3 is 21.6 Å². The average molecular weight is 374 g/mol. The minimum Gasteiger partial charge on any atom is -0.475 e. The molecule has 1 heterocycles. The van der Waals surface area contributed by atoms with Crippen molar-refractivity contribution >= 4 is 18.1 Å². The van der Waals surface area contributed by atoms with E-state index in [4.69, 9.17) is 21.5 Å². The fourth-order valence-electron chi connectivity index (χ4n) is 2.37. The van der Waals surface area contributed by atoms with Crippen molar-refractivity contribution < 1.29 is 27.9 Å². The van der Waals surface area contributed by atoms with Gasteiger partial charge in [0.1, 0.15) is 0 Å². The summed E-state index contributed by atoms with van der Waals surface area (Å²) in [6.07, 6.45) is -0.665. The van der Waals surface area contributed by atoms with Gasteiger partial charge in [-0.25, -0.2) is 4.79 Å². The minimum absolute atomic E-state index is 0.0513. The molecule has 5 N–H and O–H groups in total. The molecule has 1 aromatic carbocycles. The Hall–Kier alpha value is -2.62. The lowest BCUT2D eigenvalue weighted by atomic mass is 10.1. The molecular weight excluding hydrogens is 353 g/mol. The van der Waals surface area contributed by atoms with Crippen molar-refractivity contribution in [1.82, 2.24) is 4.90 Å². The average Bonchev–Trinajstić information content (AvgIpc) is 2.71. The van der Waals surface area contributed by atoms with Crippen molar-refractivity contribution in [2.75, 3.05) is 6.54 Å². The first-order valence-corrected chi connectivity index (χ1v) is 7.82. The Labute approximate surface area is 148 Å². The fourth-order valence-corrected chi connectivity index (χ4v) is 2.37. The van der Waals surface area contributed by atoms with Crippen LogP contribution in [0.1, 0.15) is 30.4 Å². The number of amides is 1. The zero-order valence-electron chi connectivity index (χ0n) is 13.9. The molecule has 1 aliphatic heterocycles. The van der Waals surface area contributed by atoms with Crippen LogP contribution in [-0.2, 0) is 16.1 Å².